The molecule has 1 aromatic heterocycles. The molecule has 4 aromatic rings. The molecule has 0 saturated carbocycles. The molecule has 3 amide bonds. The second-order valence-corrected chi connectivity index (χ2v) is 15.9. The summed E-state index contributed by atoms with van der Waals surface area (Å²) in [6.45, 7) is 3.83. The van der Waals surface area contributed by atoms with Gasteiger partial charge < -0.3 is 35.9 Å². The number of carbonyl (C=O) groups is 3. The topological polar surface area (TPSA) is 205 Å². The van der Waals surface area contributed by atoms with E-state index in [1.54, 1.807) is 36.4 Å². The fourth-order valence-corrected chi connectivity index (χ4v) is 7.73. The number of hydrogen-bond acceptors (Lipinski definition) is 7. The molecule has 0 radical (unpaired) electrons. The molecular weight excluding hydrogens is 776 g/mol. The molecule has 13 nitrogen and oxygen atoms in total. The largest absolute Gasteiger partial charge is 0.524 e. The Morgan fingerprint density at radius 2 is 1.76 bits per heavy atom. The standard InChI is InChI=1S/C37H42Cl2N5O8PS/c1-3-21(2)31(33(40)54)43-35(46)37(16-15-29-27(19-37)26-17-24(38)18-28(39)32(26)41-29)44-34(45)30(42-36(47)51-20-23-7-5-4-6-8-23)14-11-22-9-12-25(13-10-22)52-53(48,49)50/h4-10,12-13,17-18,21,30-31,41H,3,11,14-16,19-20H2,1-2H3,(H2,40,54)(H,42,47)(H,43,46)(H,44,45)(H2,48,49,50)/t21?,30-,31-,37+/m0/s1. The van der Waals surface area contributed by atoms with E-state index in [1.165, 1.54) is 12.1 Å². The number of phosphoric ester groups is 1. The molecule has 17 heteroatoms. The number of alkyl carbamates (subject to hydrolysis) is 1. The molecule has 1 aliphatic carbocycles. The maximum atomic E-state index is 14.5. The summed E-state index contributed by atoms with van der Waals surface area (Å²) in [7, 11) is -4.76. The minimum absolute atomic E-state index is 0.0406. The van der Waals surface area contributed by atoms with Crippen LogP contribution < -0.4 is 26.2 Å². The van der Waals surface area contributed by atoms with E-state index in [0.29, 0.717) is 39.4 Å². The Kier molecular flexibility index (Phi) is 13.3. The van der Waals surface area contributed by atoms with Crippen LogP contribution >= 0.6 is 43.2 Å². The number of hydrogen-bond donors (Lipinski definition) is 7. The van der Waals surface area contributed by atoms with Crippen LogP contribution in [0.4, 0.5) is 4.79 Å². The van der Waals surface area contributed by atoms with Gasteiger partial charge in [-0.2, -0.15) is 0 Å². The van der Waals surface area contributed by atoms with E-state index in [4.69, 9.17) is 55.7 Å². The third-order valence-corrected chi connectivity index (χ3v) is 10.8. The number of aromatic amines is 1. The van der Waals surface area contributed by atoms with Crippen LogP contribution in [0, 0.1) is 5.92 Å². The van der Waals surface area contributed by atoms with E-state index >= 15 is 0 Å². The van der Waals surface area contributed by atoms with Crippen molar-refractivity contribution in [3.8, 4) is 5.75 Å². The molecule has 54 heavy (non-hydrogen) atoms. The number of rotatable bonds is 15. The monoisotopic (exact) mass is 817 g/mol. The minimum Gasteiger partial charge on any atom is -0.445 e. The molecular formula is C37H42Cl2N5O8PS. The van der Waals surface area contributed by atoms with Crippen molar-refractivity contribution in [2.24, 2.45) is 11.7 Å². The van der Waals surface area contributed by atoms with Gasteiger partial charge in [0.15, 0.2) is 0 Å². The highest BCUT2D eigenvalue weighted by Gasteiger charge is 2.46. The summed E-state index contributed by atoms with van der Waals surface area (Å²) >= 11 is 18.3. The highest BCUT2D eigenvalue weighted by atomic mass is 35.5. The number of ether oxygens (including phenoxy) is 1. The van der Waals surface area contributed by atoms with Crippen molar-refractivity contribution in [1.29, 1.82) is 0 Å². The van der Waals surface area contributed by atoms with Gasteiger partial charge >= 0.3 is 13.9 Å². The second-order valence-electron chi connectivity index (χ2n) is 13.4. The number of aryl methyl sites for hydroxylation is 2. The first-order valence-corrected chi connectivity index (χ1v) is 20.0. The average Bonchev–Trinajstić information content (AvgIpc) is 3.49. The molecule has 0 saturated heterocycles. The van der Waals surface area contributed by atoms with Crippen LogP contribution in [0.25, 0.3) is 10.9 Å². The van der Waals surface area contributed by atoms with Crippen molar-refractivity contribution < 1.29 is 38.0 Å². The number of fused-ring (bicyclic) bond motifs is 3. The van der Waals surface area contributed by atoms with E-state index in [1.807, 2.05) is 32.0 Å². The van der Waals surface area contributed by atoms with Crippen molar-refractivity contribution in [3.05, 3.63) is 99.2 Å². The lowest BCUT2D eigenvalue weighted by Crippen LogP contribution is -2.66. The van der Waals surface area contributed by atoms with E-state index in [0.717, 1.165) is 16.8 Å². The first-order chi connectivity index (χ1) is 25.6. The molecule has 288 valence electrons. The molecule has 1 heterocycles. The maximum Gasteiger partial charge on any atom is 0.524 e. The zero-order valence-electron chi connectivity index (χ0n) is 29.6. The number of carbonyl (C=O) groups excluding carboxylic acids is 3. The average molecular weight is 819 g/mol. The van der Waals surface area contributed by atoms with Gasteiger partial charge in [-0.05, 0) is 72.6 Å². The lowest BCUT2D eigenvalue weighted by Gasteiger charge is -2.39. The molecule has 5 rings (SSSR count). The lowest BCUT2D eigenvalue weighted by atomic mass is 9.78. The van der Waals surface area contributed by atoms with Crippen molar-refractivity contribution in [1.82, 2.24) is 20.9 Å². The van der Waals surface area contributed by atoms with Gasteiger partial charge in [0, 0.05) is 22.5 Å². The Morgan fingerprint density at radius 3 is 2.41 bits per heavy atom. The Labute approximate surface area is 327 Å². The van der Waals surface area contributed by atoms with Crippen LogP contribution in [0.2, 0.25) is 10.0 Å². The van der Waals surface area contributed by atoms with Crippen LogP contribution in [-0.2, 0) is 44.8 Å². The Morgan fingerprint density at radius 1 is 1.06 bits per heavy atom. The summed E-state index contributed by atoms with van der Waals surface area (Å²) in [5, 5.41) is 10.2. The fourth-order valence-electron chi connectivity index (χ4n) is 6.50. The van der Waals surface area contributed by atoms with Gasteiger partial charge in [-0.25, -0.2) is 9.36 Å². The third kappa shape index (κ3) is 10.3. The number of thiocarbonyl (C=S) groups is 1. The van der Waals surface area contributed by atoms with Crippen LogP contribution in [0.5, 0.6) is 5.75 Å². The number of benzene rings is 3. The molecule has 4 atom stereocenters. The first kappa shape index (κ1) is 41.0. The number of H-pyrrole nitrogens is 1. The number of nitrogens with two attached hydrogens (primary N) is 1. The molecule has 1 unspecified atom stereocenters. The van der Waals surface area contributed by atoms with E-state index in [2.05, 4.69) is 25.5 Å². The smallest absolute Gasteiger partial charge is 0.445 e. The minimum atomic E-state index is -4.76. The van der Waals surface area contributed by atoms with Gasteiger partial charge in [-0.1, -0.05) is 98.2 Å². The van der Waals surface area contributed by atoms with Gasteiger partial charge in [0.25, 0.3) is 0 Å². The van der Waals surface area contributed by atoms with E-state index in [9.17, 15) is 18.9 Å². The fraction of sp³-hybridized carbons (Fsp3) is 0.351. The summed E-state index contributed by atoms with van der Waals surface area (Å²) in [6, 6.07) is 16.5. The molecule has 3 aromatic carbocycles. The van der Waals surface area contributed by atoms with Gasteiger partial charge in [-0.15, -0.1) is 0 Å². The van der Waals surface area contributed by atoms with Crippen molar-refractivity contribution in [2.75, 3.05) is 0 Å². The zero-order chi connectivity index (χ0) is 39.2. The van der Waals surface area contributed by atoms with Gasteiger partial charge in [0.05, 0.1) is 21.6 Å². The Hall–Kier alpha value is -4.17. The SMILES string of the molecule is CCC(C)[C@H](NC(=O)[C@@]1(NC(=O)[C@H](CCc2ccc(OP(=O)(O)O)cc2)NC(=O)OCc2ccccc2)CCc2[nH]c3c(Cl)cc(Cl)cc3c2C1)C(N)=S. The number of amides is 3. The lowest BCUT2D eigenvalue weighted by molar-refractivity contribution is -0.135. The summed E-state index contributed by atoms with van der Waals surface area (Å²) in [4.78, 5) is 63.9. The number of phosphoric acid groups is 1. The number of aromatic nitrogens is 1. The van der Waals surface area contributed by atoms with Crippen LogP contribution in [-0.4, -0.2) is 55.3 Å². The summed E-state index contributed by atoms with van der Waals surface area (Å²) < 4.78 is 21.4. The summed E-state index contributed by atoms with van der Waals surface area (Å²) in [5.74, 6) is -1.27. The molecule has 0 aliphatic heterocycles. The van der Waals surface area contributed by atoms with Gasteiger partial charge in [0.2, 0.25) is 11.8 Å². The molecule has 0 spiro atoms. The molecule has 1 aliphatic rings. The molecule has 0 bridgehead atoms. The normalized spacial score (nSPS) is 17.1. The first-order valence-electron chi connectivity index (χ1n) is 17.3. The van der Waals surface area contributed by atoms with Crippen LogP contribution in [0.15, 0.2) is 66.7 Å². The highest BCUT2D eigenvalue weighted by Crippen LogP contribution is 2.39. The maximum absolute atomic E-state index is 14.5. The molecule has 8 N–H and O–H groups in total. The van der Waals surface area contributed by atoms with Crippen molar-refractivity contribution in [2.45, 2.75) is 76.6 Å². The summed E-state index contributed by atoms with van der Waals surface area (Å²) in [6.07, 6.45) is 0.754. The van der Waals surface area contributed by atoms with Crippen LogP contribution in [0.3, 0.4) is 0 Å². The summed E-state index contributed by atoms with van der Waals surface area (Å²) in [5.41, 5.74) is 8.28. The van der Waals surface area contributed by atoms with Crippen LogP contribution in [0.1, 0.15) is 55.5 Å². The predicted octanol–water partition coefficient (Wildman–Crippen LogP) is 6.03. The van der Waals surface area contributed by atoms with Crippen molar-refractivity contribution >= 4 is 77.0 Å². The third-order valence-electron chi connectivity index (χ3n) is 9.59. The van der Waals surface area contributed by atoms with Crippen molar-refractivity contribution in [3.63, 3.8) is 0 Å². The Balaban J connectivity index is 1.45. The number of halogens is 2. The second kappa shape index (κ2) is 17.5. The highest BCUT2D eigenvalue weighted by molar-refractivity contribution is 7.80. The predicted molar refractivity (Wildman–Crippen MR) is 210 cm³/mol. The van der Waals surface area contributed by atoms with Gasteiger partial charge in [-0.3, -0.25) is 19.4 Å². The number of nitrogens with one attached hydrogen (secondary N) is 4. The van der Waals surface area contributed by atoms with E-state index in [-0.39, 0.29) is 48.9 Å². The zero-order valence-corrected chi connectivity index (χ0v) is 32.8. The van der Waals surface area contributed by atoms with Gasteiger partial charge in [0.1, 0.15) is 23.9 Å². The molecule has 0 fully saturated rings. The Bertz CT molecular complexity index is 2060. The quantitative estimate of drug-likeness (QED) is 0.0548. The van der Waals surface area contributed by atoms with E-state index < -0.39 is 43.4 Å².